The van der Waals surface area contributed by atoms with Gasteiger partial charge in [0.2, 0.25) is 5.91 Å². The quantitative estimate of drug-likeness (QED) is 0.304. The molecule has 0 saturated heterocycles. The smallest absolute Gasteiger partial charge is 0.339 e. The van der Waals surface area contributed by atoms with E-state index in [1.807, 2.05) is 0 Å². The maximum Gasteiger partial charge on any atom is 0.339 e. The predicted molar refractivity (Wildman–Crippen MR) is 120 cm³/mol. The van der Waals surface area contributed by atoms with Crippen LogP contribution in [0.15, 0.2) is 83.8 Å². The molecule has 3 aromatic carbocycles. The summed E-state index contributed by atoms with van der Waals surface area (Å²) >= 11 is 0. The van der Waals surface area contributed by atoms with Crippen molar-refractivity contribution in [2.45, 2.75) is 4.90 Å². The number of benzene rings is 3. The number of nitrogens with zero attached hydrogens (tertiary/aromatic N) is 2. The molecule has 0 saturated carbocycles. The second-order valence-electron chi connectivity index (χ2n) is 6.68. The maximum absolute atomic E-state index is 13.3. The van der Waals surface area contributed by atoms with Crippen molar-refractivity contribution in [2.24, 2.45) is 0 Å². The van der Waals surface area contributed by atoms with Gasteiger partial charge in [-0.25, -0.2) is 13.2 Å². The number of hydrogen-bond acceptors (Lipinski definition) is 7. The second-order valence-corrected chi connectivity index (χ2v) is 8.55. The van der Waals surface area contributed by atoms with Gasteiger partial charge in [0.15, 0.2) is 0 Å². The van der Waals surface area contributed by atoms with Gasteiger partial charge in [0, 0.05) is 12.1 Å². The molecule has 0 radical (unpaired) electrons. The van der Waals surface area contributed by atoms with Crippen LogP contribution >= 0.6 is 0 Å². The highest BCUT2D eigenvalue weighted by Gasteiger charge is 2.28. The number of ether oxygens (including phenoxy) is 1. The molecule has 0 bridgehead atoms. The lowest BCUT2D eigenvalue weighted by Gasteiger charge is -2.24. The molecule has 33 heavy (non-hydrogen) atoms. The van der Waals surface area contributed by atoms with E-state index in [0.29, 0.717) is 0 Å². The highest BCUT2D eigenvalue weighted by molar-refractivity contribution is 7.92. The molecule has 1 N–H and O–H groups in total. The van der Waals surface area contributed by atoms with Gasteiger partial charge in [-0.3, -0.25) is 19.2 Å². The highest BCUT2D eigenvalue weighted by atomic mass is 32.2. The molecule has 0 atom stereocenters. The van der Waals surface area contributed by atoms with E-state index in [4.69, 9.17) is 4.74 Å². The summed E-state index contributed by atoms with van der Waals surface area (Å²) in [7, 11) is -3.00. The van der Waals surface area contributed by atoms with Crippen molar-refractivity contribution in [1.29, 1.82) is 0 Å². The van der Waals surface area contributed by atoms with Gasteiger partial charge in [-0.2, -0.15) is 0 Å². The molecule has 0 heterocycles. The number of nitro benzene ring substituents is 1. The van der Waals surface area contributed by atoms with Gasteiger partial charge < -0.3 is 10.1 Å². The number of nitro groups is 1. The van der Waals surface area contributed by atoms with E-state index in [1.54, 1.807) is 18.2 Å². The summed E-state index contributed by atoms with van der Waals surface area (Å²) in [5.74, 6) is -1.40. The average molecular weight is 469 g/mol. The summed E-state index contributed by atoms with van der Waals surface area (Å²) in [6.45, 7) is -0.648. The van der Waals surface area contributed by atoms with Gasteiger partial charge >= 0.3 is 5.97 Å². The Labute approximate surface area is 189 Å². The Bertz CT molecular complexity index is 1280. The number of anilines is 2. The molecule has 0 aliphatic heterocycles. The predicted octanol–water partition coefficient (Wildman–Crippen LogP) is 3.22. The van der Waals surface area contributed by atoms with Gasteiger partial charge in [0.05, 0.1) is 33.9 Å². The summed E-state index contributed by atoms with van der Waals surface area (Å²) in [5, 5.41) is 13.5. The van der Waals surface area contributed by atoms with E-state index in [9.17, 15) is 28.1 Å². The molecule has 0 aromatic heterocycles. The molecule has 10 nitrogen and oxygen atoms in total. The Hall–Kier alpha value is -4.25. The van der Waals surface area contributed by atoms with Crippen molar-refractivity contribution in [3.05, 3.63) is 94.5 Å². The highest BCUT2D eigenvalue weighted by Crippen LogP contribution is 2.26. The minimum absolute atomic E-state index is 0.0563. The summed E-state index contributed by atoms with van der Waals surface area (Å²) < 4.78 is 32.1. The third-order valence-corrected chi connectivity index (χ3v) is 6.36. The van der Waals surface area contributed by atoms with Crippen LogP contribution in [0.25, 0.3) is 0 Å². The molecule has 3 aromatic rings. The molecule has 0 fully saturated rings. The fourth-order valence-electron chi connectivity index (χ4n) is 2.98. The molecule has 11 heteroatoms. The first-order valence-corrected chi connectivity index (χ1v) is 11.0. The lowest BCUT2D eigenvalue weighted by atomic mass is 10.2. The van der Waals surface area contributed by atoms with Gasteiger partial charge in [0.25, 0.3) is 15.7 Å². The van der Waals surface area contributed by atoms with Crippen molar-refractivity contribution >= 4 is 39.0 Å². The van der Waals surface area contributed by atoms with E-state index in [2.05, 4.69) is 5.32 Å². The number of rotatable bonds is 8. The van der Waals surface area contributed by atoms with Crippen LogP contribution in [0.1, 0.15) is 10.4 Å². The molecule has 3 rings (SSSR count). The molecule has 0 spiro atoms. The van der Waals surface area contributed by atoms with Crippen LogP contribution in [0.4, 0.5) is 17.1 Å². The third-order valence-electron chi connectivity index (χ3n) is 4.57. The summed E-state index contributed by atoms with van der Waals surface area (Å²) in [6.07, 6.45) is 0. The summed E-state index contributed by atoms with van der Waals surface area (Å²) in [6, 6.07) is 18.4. The Morgan fingerprint density at radius 1 is 0.970 bits per heavy atom. The second kappa shape index (κ2) is 9.92. The number of esters is 1. The fourth-order valence-corrected chi connectivity index (χ4v) is 4.42. The van der Waals surface area contributed by atoms with Crippen LogP contribution in [0, 0.1) is 10.1 Å². The van der Waals surface area contributed by atoms with Crippen LogP contribution in [0.3, 0.4) is 0 Å². The summed E-state index contributed by atoms with van der Waals surface area (Å²) in [5.41, 5.74) is 0.0735. The van der Waals surface area contributed by atoms with Gasteiger partial charge in [-0.1, -0.05) is 30.3 Å². The molecule has 0 aliphatic carbocycles. The van der Waals surface area contributed by atoms with E-state index in [-0.39, 0.29) is 27.5 Å². The molecule has 0 unspecified atom stereocenters. The Morgan fingerprint density at radius 3 is 2.18 bits per heavy atom. The van der Waals surface area contributed by atoms with Crippen LogP contribution < -0.4 is 9.62 Å². The number of carbonyl (C=O) groups is 2. The number of non-ortho nitro benzene ring substituents is 1. The fraction of sp³-hybridized carbons (Fsp3) is 0.0909. The lowest BCUT2D eigenvalue weighted by molar-refractivity contribution is -0.384. The molecular formula is C22H19N3O7S. The van der Waals surface area contributed by atoms with Gasteiger partial charge in [0.1, 0.15) is 6.54 Å². The normalized spacial score (nSPS) is 10.8. The SMILES string of the molecule is COC(=O)c1ccccc1NC(=O)CN(c1ccc([N+](=O)[O-])cc1)S(=O)(=O)c1ccccc1. The standard InChI is InChI=1S/C22H19N3O7S/c1-32-22(27)19-9-5-6-10-20(19)23-21(26)15-24(16-11-13-17(14-12-16)25(28)29)33(30,31)18-7-3-2-4-8-18/h2-14H,15H2,1H3,(H,23,26). The van der Waals surface area contributed by atoms with Crippen molar-refractivity contribution in [3.63, 3.8) is 0 Å². The largest absolute Gasteiger partial charge is 0.465 e. The number of carbonyl (C=O) groups excluding carboxylic acids is 2. The van der Waals surface area contributed by atoms with Crippen molar-refractivity contribution in [3.8, 4) is 0 Å². The zero-order valence-corrected chi connectivity index (χ0v) is 18.2. The van der Waals surface area contributed by atoms with Crippen molar-refractivity contribution in [2.75, 3.05) is 23.3 Å². The number of para-hydroxylation sites is 1. The van der Waals surface area contributed by atoms with E-state index >= 15 is 0 Å². The van der Waals surface area contributed by atoms with Crippen molar-refractivity contribution < 1.29 is 27.7 Å². The van der Waals surface area contributed by atoms with Crippen LogP contribution in [0.2, 0.25) is 0 Å². The minimum Gasteiger partial charge on any atom is -0.465 e. The van der Waals surface area contributed by atoms with Gasteiger partial charge in [-0.15, -0.1) is 0 Å². The topological polar surface area (TPSA) is 136 Å². The van der Waals surface area contributed by atoms with Gasteiger partial charge in [-0.05, 0) is 36.4 Å². The van der Waals surface area contributed by atoms with E-state index in [1.165, 1.54) is 55.6 Å². The van der Waals surface area contributed by atoms with E-state index < -0.39 is 33.4 Å². The first kappa shape index (κ1) is 23.4. The zero-order valence-electron chi connectivity index (χ0n) is 17.4. The lowest BCUT2D eigenvalue weighted by Crippen LogP contribution is -2.38. The monoisotopic (exact) mass is 469 g/mol. The molecule has 1 amide bonds. The van der Waals surface area contributed by atoms with Crippen LogP contribution in [-0.2, 0) is 19.6 Å². The number of methoxy groups -OCH3 is 1. The maximum atomic E-state index is 13.3. The molecule has 0 aliphatic rings. The Kier molecular flexibility index (Phi) is 7.04. The first-order chi connectivity index (χ1) is 15.7. The molecular weight excluding hydrogens is 450 g/mol. The average Bonchev–Trinajstić information content (AvgIpc) is 2.83. The Balaban J connectivity index is 1.96. The number of sulfonamides is 1. The van der Waals surface area contributed by atoms with Crippen LogP contribution in [0.5, 0.6) is 0 Å². The minimum atomic E-state index is -4.19. The van der Waals surface area contributed by atoms with Crippen LogP contribution in [-0.4, -0.2) is 38.9 Å². The Morgan fingerprint density at radius 2 is 1.58 bits per heavy atom. The summed E-state index contributed by atoms with van der Waals surface area (Å²) in [4.78, 5) is 35.1. The third kappa shape index (κ3) is 5.33. The van der Waals surface area contributed by atoms with E-state index in [0.717, 1.165) is 16.4 Å². The zero-order chi connectivity index (χ0) is 24.0. The number of nitrogens with one attached hydrogen (secondary N) is 1. The van der Waals surface area contributed by atoms with Crippen molar-refractivity contribution in [1.82, 2.24) is 0 Å². The molecule has 170 valence electrons. The number of hydrogen-bond donors (Lipinski definition) is 1. The first-order valence-electron chi connectivity index (χ1n) is 9.53. The number of amides is 1.